The van der Waals surface area contributed by atoms with Crippen LogP contribution in [0.25, 0.3) is 0 Å². The van der Waals surface area contributed by atoms with Gasteiger partial charge in [-0.3, -0.25) is 0 Å². The first-order valence-corrected chi connectivity index (χ1v) is 4.69. The van der Waals surface area contributed by atoms with Crippen molar-refractivity contribution in [3.8, 4) is 0 Å². The van der Waals surface area contributed by atoms with Gasteiger partial charge in [0.25, 0.3) is 0 Å². The monoisotopic (exact) mass is 187 g/mol. The molecule has 4 nitrogen and oxygen atoms in total. The molecule has 2 atom stereocenters. The Bertz CT molecular complexity index is 169. The van der Waals surface area contributed by atoms with Crippen LogP contribution in [0.15, 0.2) is 0 Å². The third kappa shape index (κ3) is 2.97. The van der Waals surface area contributed by atoms with Gasteiger partial charge in [-0.25, -0.2) is 9.90 Å². The summed E-state index contributed by atoms with van der Waals surface area (Å²) < 4.78 is 9.90. The lowest BCUT2D eigenvalue weighted by molar-refractivity contribution is -0.175. The second kappa shape index (κ2) is 5.19. The highest BCUT2D eigenvalue weighted by Gasteiger charge is 2.32. The van der Waals surface area contributed by atoms with E-state index >= 15 is 0 Å². The Morgan fingerprint density at radius 1 is 1.62 bits per heavy atom. The summed E-state index contributed by atoms with van der Waals surface area (Å²) in [7, 11) is 0. The molecule has 75 valence electrons. The van der Waals surface area contributed by atoms with E-state index in [1.807, 2.05) is 6.92 Å². The van der Waals surface area contributed by atoms with Crippen molar-refractivity contribution in [2.45, 2.75) is 38.4 Å². The summed E-state index contributed by atoms with van der Waals surface area (Å²) in [5.41, 5.74) is 0. The quantitative estimate of drug-likeness (QED) is 0.617. The van der Waals surface area contributed by atoms with Crippen LogP contribution in [0.5, 0.6) is 0 Å². The van der Waals surface area contributed by atoms with Crippen molar-refractivity contribution in [2.24, 2.45) is 0 Å². The molecule has 0 bridgehead atoms. The molecule has 0 saturated carbocycles. The van der Waals surface area contributed by atoms with Gasteiger partial charge in [0.15, 0.2) is 6.10 Å². The van der Waals surface area contributed by atoms with Gasteiger partial charge in [-0.2, -0.15) is 0 Å². The smallest absolute Gasteiger partial charge is 0.338 e. The van der Waals surface area contributed by atoms with Crippen molar-refractivity contribution in [2.75, 3.05) is 13.2 Å². The summed E-state index contributed by atoms with van der Waals surface area (Å²) in [5.74, 6) is -0.499. The molecule has 0 amide bonds. The van der Waals surface area contributed by atoms with Crippen LogP contribution in [0.1, 0.15) is 26.2 Å². The molecule has 1 aliphatic rings. The molecule has 1 saturated heterocycles. The molecule has 1 heterocycles. The van der Waals surface area contributed by atoms with Crippen molar-refractivity contribution >= 4 is 5.97 Å². The third-order valence-corrected chi connectivity index (χ3v) is 1.95. The molecule has 4 heteroatoms. The zero-order valence-corrected chi connectivity index (χ0v) is 7.82. The number of rotatable bonds is 3. The summed E-state index contributed by atoms with van der Waals surface area (Å²) in [4.78, 5) is 11.2. The summed E-state index contributed by atoms with van der Waals surface area (Å²) in [6.07, 6.45) is 0.193. The normalized spacial score (nSPS) is 28.5. The number of esters is 1. The van der Waals surface area contributed by atoms with Crippen molar-refractivity contribution < 1.29 is 19.4 Å². The molecule has 1 rings (SSSR count). The third-order valence-electron chi connectivity index (χ3n) is 1.95. The standard InChI is InChI=1S/C9H15O4/c1-2-5-13-9(11)8-7(10)4-3-6-12-8/h7-8H,2-6H2,1H3. The lowest BCUT2D eigenvalue weighted by Gasteiger charge is -2.24. The average Bonchev–Trinajstić information content (AvgIpc) is 2.15. The van der Waals surface area contributed by atoms with E-state index in [-0.39, 0.29) is 0 Å². The van der Waals surface area contributed by atoms with Gasteiger partial charge >= 0.3 is 5.97 Å². The number of hydrogen-bond donors (Lipinski definition) is 0. The molecule has 0 aromatic carbocycles. The van der Waals surface area contributed by atoms with Crippen LogP contribution in [-0.4, -0.2) is 31.4 Å². The van der Waals surface area contributed by atoms with Gasteiger partial charge in [0, 0.05) is 6.61 Å². The van der Waals surface area contributed by atoms with E-state index in [0.717, 1.165) is 12.8 Å². The van der Waals surface area contributed by atoms with E-state index in [4.69, 9.17) is 9.47 Å². The van der Waals surface area contributed by atoms with E-state index in [0.29, 0.717) is 19.6 Å². The van der Waals surface area contributed by atoms with Crippen molar-refractivity contribution in [1.29, 1.82) is 0 Å². The second-order valence-corrected chi connectivity index (χ2v) is 3.14. The van der Waals surface area contributed by atoms with Crippen LogP contribution < -0.4 is 0 Å². The topological polar surface area (TPSA) is 55.4 Å². The molecule has 0 aromatic rings. The van der Waals surface area contributed by atoms with Crippen LogP contribution in [0.4, 0.5) is 0 Å². The van der Waals surface area contributed by atoms with Gasteiger partial charge in [-0.15, -0.1) is 0 Å². The minimum atomic E-state index is -0.946. The summed E-state index contributed by atoms with van der Waals surface area (Å²) in [6, 6.07) is 0. The zero-order chi connectivity index (χ0) is 9.68. The average molecular weight is 187 g/mol. The Morgan fingerprint density at radius 2 is 2.38 bits per heavy atom. The van der Waals surface area contributed by atoms with E-state index in [1.165, 1.54) is 0 Å². The molecule has 0 spiro atoms. The Hall–Kier alpha value is -0.610. The number of carbonyl (C=O) groups is 1. The maximum absolute atomic E-state index is 11.3. The fourth-order valence-electron chi connectivity index (χ4n) is 1.26. The minimum absolute atomic E-state index is 0.366. The predicted octanol–water partition coefficient (Wildman–Crippen LogP) is 0.918. The molecular formula is C9H15O4. The number of ether oxygens (including phenoxy) is 2. The molecular weight excluding hydrogens is 172 g/mol. The van der Waals surface area contributed by atoms with Crippen LogP contribution in [0, 0.1) is 0 Å². The highest BCUT2D eigenvalue weighted by atomic mass is 16.6. The molecule has 0 N–H and O–H groups in total. The maximum atomic E-state index is 11.3. The van der Waals surface area contributed by atoms with Gasteiger partial charge in [-0.05, 0) is 19.3 Å². The van der Waals surface area contributed by atoms with Crippen LogP contribution in [0.2, 0.25) is 0 Å². The highest BCUT2D eigenvalue weighted by molar-refractivity contribution is 5.75. The number of hydrogen-bond acceptors (Lipinski definition) is 3. The fourth-order valence-corrected chi connectivity index (χ4v) is 1.26. The molecule has 13 heavy (non-hydrogen) atoms. The maximum Gasteiger partial charge on any atom is 0.338 e. The summed E-state index contributed by atoms with van der Waals surface area (Å²) in [5, 5.41) is 11.3. The van der Waals surface area contributed by atoms with Gasteiger partial charge in [0.2, 0.25) is 0 Å². The Balaban J connectivity index is 2.35. The molecule has 1 radical (unpaired) electrons. The first-order valence-electron chi connectivity index (χ1n) is 4.69. The minimum Gasteiger partial charge on any atom is -0.464 e. The largest absolute Gasteiger partial charge is 0.464 e. The summed E-state index contributed by atoms with van der Waals surface area (Å²) >= 11 is 0. The van der Waals surface area contributed by atoms with E-state index in [1.54, 1.807) is 0 Å². The van der Waals surface area contributed by atoms with Gasteiger partial charge < -0.3 is 9.47 Å². The van der Waals surface area contributed by atoms with Gasteiger partial charge in [0.05, 0.1) is 6.61 Å². The molecule has 1 aliphatic heterocycles. The molecule has 0 aliphatic carbocycles. The Kier molecular flexibility index (Phi) is 4.18. The lowest BCUT2D eigenvalue weighted by atomic mass is 10.1. The van der Waals surface area contributed by atoms with Crippen molar-refractivity contribution in [3.63, 3.8) is 0 Å². The molecule has 2 unspecified atom stereocenters. The van der Waals surface area contributed by atoms with Gasteiger partial charge in [0.1, 0.15) is 6.10 Å². The Morgan fingerprint density at radius 3 is 3.00 bits per heavy atom. The van der Waals surface area contributed by atoms with Crippen molar-refractivity contribution in [1.82, 2.24) is 0 Å². The van der Waals surface area contributed by atoms with Crippen LogP contribution in [0.3, 0.4) is 0 Å². The first-order chi connectivity index (χ1) is 6.25. The van der Waals surface area contributed by atoms with Crippen molar-refractivity contribution in [3.05, 3.63) is 0 Å². The molecule has 0 aromatic heterocycles. The van der Waals surface area contributed by atoms with E-state index < -0.39 is 18.2 Å². The lowest BCUT2D eigenvalue weighted by Crippen LogP contribution is -2.40. The molecule has 1 fully saturated rings. The second-order valence-electron chi connectivity index (χ2n) is 3.14. The van der Waals surface area contributed by atoms with Crippen LogP contribution in [-0.2, 0) is 19.4 Å². The van der Waals surface area contributed by atoms with Crippen LogP contribution >= 0.6 is 0 Å². The zero-order valence-electron chi connectivity index (χ0n) is 7.82. The fraction of sp³-hybridized carbons (Fsp3) is 0.889. The Labute approximate surface area is 77.8 Å². The van der Waals surface area contributed by atoms with Gasteiger partial charge in [-0.1, -0.05) is 6.92 Å². The van der Waals surface area contributed by atoms with E-state index in [2.05, 4.69) is 0 Å². The SMILES string of the molecule is CCCOC(=O)C1OCCCC1[O]. The predicted molar refractivity (Wildman–Crippen MR) is 44.7 cm³/mol. The first kappa shape index (κ1) is 10.5. The summed E-state index contributed by atoms with van der Waals surface area (Å²) in [6.45, 7) is 2.76. The van der Waals surface area contributed by atoms with E-state index in [9.17, 15) is 9.90 Å². The number of carbonyl (C=O) groups excluding carboxylic acids is 1. The highest BCUT2D eigenvalue weighted by Crippen LogP contribution is 2.15.